The van der Waals surface area contributed by atoms with E-state index in [1.807, 2.05) is 60.7 Å². The Hall–Kier alpha value is -3.21. The van der Waals surface area contributed by atoms with Gasteiger partial charge in [0.2, 0.25) is 5.95 Å². The van der Waals surface area contributed by atoms with Crippen molar-refractivity contribution in [1.82, 2.24) is 9.97 Å². The smallest absolute Gasteiger partial charge is 0.261 e. The van der Waals surface area contributed by atoms with E-state index in [-0.39, 0.29) is 5.91 Å². The van der Waals surface area contributed by atoms with Crippen molar-refractivity contribution in [2.24, 2.45) is 0 Å². The molecule has 0 fully saturated rings. The number of hydrogen-bond donors (Lipinski definition) is 1. The second-order valence-electron chi connectivity index (χ2n) is 5.33. The van der Waals surface area contributed by atoms with E-state index in [4.69, 9.17) is 0 Å². The number of aromatic nitrogens is 2. The van der Waals surface area contributed by atoms with Crippen molar-refractivity contribution in [3.8, 4) is 0 Å². The van der Waals surface area contributed by atoms with E-state index >= 15 is 0 Å². The van der Waals surface area contributed by atoms with Crippen LogP contribution in [-0.2, 0) is 6.54 Å². The molecule has 5 heteroatoms. The minimum absolute atomic E-state index is 0.143. The molecule has 0 spiro atoms. The van der Waals surface area contributed by atoms with Crippen molar-refractivity contribution in [2.75, 3.05) is 17.3 Å². The van der Waals surface area contributed by atoms with Crippen molar-refractivity contribution in [2.45, 2.75) is 6.54 Å². The number of rotatable bonds is 5. The summed E-state index contributed by atoms with van der Waals surface area (Å²) < 4.78 is 0. The van der Waals surface area contributed by atoms with Gasteiger partial charge in [-0.05, 0) is 17.7 Å². The molecular formula is C19H18N4O. The van der Waals surface area contributed by atoms with Crippen LogP contribution in [0.15, 0.2) is 73.1 Å². The summed E-state index contributed by atoms with van der Waals surface area (Å²) in [5.41, 5.74) is 2.42. The summed E-state index contributed by atoms with van der Waals surface area (Å²) in [5.74, 6) is 0.355. The lowest BCUT2D eigenvalue weighted by molar-refractivity contribution is 0.0992. The van der Waals surface area contributed by atoms with Gasteiger partial charge in [0.1, 0.15) is 0 Å². The lowest BCUT2D eigenvalue weighted by atomic mass is 10.2. The molecule has 0 atom stereocenters. The molecule has 1 heterocycles. The highest BCUT2D eigenvalue weighted by Gasteiger charge is 2.14. The normalized spacial score (nSPS) is 10.2. The molecule has 0 saturated heterocycles. The van der Waals surface area contributed by atoms with Gasteiger partial charge in [-0.15, -0.1) is 0 Å². The number of carbonyl (C=O) groups excluding carboxylic acids is 1. The van der Waals surface area contributed by atoms with E-state index in [1.165, 1.54) is 0 Å². The Balaban J connectivity index is 1.64. The van der Waals surface area contributed by atoms with Crippen molar-refractivity contribution >= 4 is 17.5 Å². The molecule has 120 valence electrons. The molecule has 5 nitrogen and oxygen atoms in total. The van der Waals surface area contributed by atoms with Gasteiger partial charge >= 0.3 is 0 Å². The molecule has 24 heavy (non-hydrogen) atoms. The van der Waals surface area contributed by atoms with Gasteiger partial charge in [0.15, 0.2) is 0 Å². The summed E-state index contributed by atoms with van der Waals surface area (Å²) in [6.45, 7) is 0.637. The summed E-state index contributed by atoms with van der Waals surface area (Å²) >= 11 is 0. The molecule has 1 aromatic heterocycles. The minimum Gasteiger partial charge on any atom is -0.350 e. The first-order chi connectivity index (χ1) is 11.7. The quantitative estimate of drug-likeness (QED) is 0.783. The van der Waals surface area contributed by atoms with E-state index in [0.29, 0.717) is 18.1 Å². The van der Waals surface area contributed by atoms with E-state index in [9.17, 15) is 4.79 Å². The number of benzene rings is 2. The van der Waals surface area contributed by atoms with Gasteiger partial charge in [0.25, 0.3) is 5.91 Å². The Bertz CT molecular complexity index is 789. The van der Waals surface area contributed by atoms with E-state index in [1.54, 1.807) is 24.3 Å². The van der Waals surface area contributed by atoms with Crippen LogP contribution in [0.3, 0.4) is 0 Å². The van der Waals surface area contributed by atoms with Gasteiger partial charge in [0.05, 0.1) is 5.56 Å². The topological polar surface area (TPSA) is 58.1 Å². The zero-order valence-corrected chi connectivity index (χ0v) is 13.4. The number of nitrogens with one attached hydrogen (secondary N) is 1. The molecular weight excluding hydrogens is 300 g/mol. The highest BCUT2D eigenvalue weighted by Crippen LogP contribution is 2.14. The van der Waals surface area contributed by atoms with Gasteiger partial charge in [-0.25, -0.2) is 9.97 Å². The number of carbonyl (C=O) groups is 1. The number of amides is 1. The average Bonchev–Trinajstić information content (AvgIpc) is 2.67. The zero-order chi connectivity index (χ0) is 16.8. The summed E-state index contributed by atoms with van der Waals surface area (Å²) in [6, 6.07) is 19.5. The van der Waals surface area contributed by atoms with Crippen molar-refractivity contribution in [3.05, 3.63) is 84.2 Å². The molecule has 3 rings (SSSR count). The average molecular weight is 318 g/mol. The minimum atomic E-state index is -0.143. The molecule has 0 aliphatic heterocycles. The Labute approximate surface area is 141 Å². The van der Waals surface area contributed by atoms with Gasteiger partial charge in [-0.3, -0.25) is 4.79 Å². The van der Waals surface area contributed by atoms with Crippen molar-refractivity contribution in [3.63, 3.8) is 0 Å². The second kappa shape index (κ2) is 7.37. The predicted octanol–water partition coefficient (Wildman–Crippen LogP) is 3.37. The summed E-state index contributed by atoms with van der Waals surface area (Å²) in [5, 5.41) is 3.14. The molecule has 2 aromatic carbocycles. The Morgan fingerprint density at radius 3 is 2.17 bits per heavy atom. The molecule has 3 aromatic rings. The van der Waals surface area contributed by atoms with E-state index in [0.717, 1.165) is 11.3 Å². The number of anilines is 2. The first-order valence-electron chi connectivity index (χ1n) is 7.67. The first-order valence-corrected chi connectivity index (χ1v) is 7.67. The summed E-state index contributed by atoms with van der Waals surface area (Å²) in [6.07, 6.45) is 3.09. The van der Waals surface area contributed by atoms with Crippen LogP contribution in [0.1, 0.15) is 15.9 Å². The maximum Gasteiger partial charge on any atom is 0.261 e. The van der Waals surface area contributed by atoms with Gasteiger partial charge in [0, 0.05) is 31.7 Å². The van der Waals surface area contributed by atoms with Crippen LogP contribution in [0.2, 0.25) is 0 Å². The standard InChI is InChI=1S/C19H18N4O/c1-23(17-10-6-3-7-11-17)18(24)16-13-21-19(22-14-16)20-12-15-8-4-2-5-9-15/h2-11,13-14H,12H2,1H3,(H,20,21,22). The van der Waals surface area contributed by atoms with E-state index in [2.05, 4.69) is 15.3 Å². The third-order valence-corrected chi connectivity index (χ3v) is 3.64. The maximum atomic E-state index is 12.5. The van der Waals surface area contributed by atoms with Crippen LogP contribution < -0.4 is 10.2 Å². The fraction of sp³-hybridized carbons (Fsp3) is 0.105. The zero-order valence-electron chi connectivity index (χ0n) is 13.4. The number of para-hydroxylation sites is 1. The fourth-order valence-corrected chi connectivity index (χ4v) is 2.27. The molecule has 1 amide bonds. The number of hydrogen-bond acceptors (Lipinski definition) is 4. The lowest BCUT2D eigenvalue weighted by Gasteiger charge is -2.17. The van der Waals surface area contributed by atoms with Crippen LogP contribution in [0.4, 0.5) is 11.6 Å². The Morgan fingerprint density at radius 2 is 1.54 bits per heavy atom. The van der Waals surface area contributed by atoms with Crippen LogP contribution in [-0.4, -0.2) is 22.9 Å². The Kier molecular flexibility index (Phi) is 4.81. The lowest BCUT2D eigenvalue weighted by Crippen LogP contribution is -2.26. The molecule has 0 aliphatic carbocycles. The third kappa shape index (κ3) is 3.76. The largest absolute Gasteiger partial charge is 0.350 e. The van der Waals surface area contributed by atoms with E-state index < -0.39 is 0 Å². The summed E-state index contributed by atoms with van der Waals surface area (Å²) in [4.78, 5) is 22.5. The van der Waals surface area contributed by atoms with Crippen LogP contribution in [0, 0.1) is 0 Å². The van der Waals surface area contributed by atoms with Crippen LogP contribution in [0.25, 0.3) is 0 Å². The van der Waals surface area contributed by atoms with Crippen LogP contribution >= 0.6 is 0 Å². The SMILES string of the molecule is CN(C(=O)c1cnc(NCc2ccccc2)nc1)c1ccccc1. The van der Waals surface area contributed by atoms with Gasteiger partial charge < -0.3 is 10.2 Å². The van der Waals surface area contributed by atoms with Crippen LogP contribution in [0.5, 0.6) is 0 Å². The molecule has 0 saturated carbocycles. The first kappa shape index (κ1) is 15.7. The maximum absolute atomic E-state index is 12.5. The highest BCUT2D eigenvalue weighted by molar-refractivity contribution is 6.05. The molecule has 0 radical (unpaired) electrons. The van der Waals surface area contributed by atoms with Gasteiger partial charge in [-0.1, -0.05) is 48.5 Å². The highest BCUT2D eigenvalue weighted by atomic mass is 16.2. The molecule has 0 bridgehead atoms. The summed E-state index contributed by atoms with van der Waals surface area (Å²) in [7, 11) is 1.74. The third-order valence-electron chi connectivity index (χ3n) is 3.64. The van der Waals surface area contributed by atoms with Crippen molar-refractivity contribution in [1.29, 1.82) is 0 Å². The van der Waals surface area contributed by atoms with Crippen molar-refractivity contribution < 1.29 is 4.79 Å². The predicted molar refractivity (Wildman–Crippen MR) is 95.0 cm³/mol. The monoisotopic (exact) mass is 318 g/mol. The van der Waals surface area contributed by atoms with Gasteiger partial charge in [-0.2, -0.15) is 0 Å². The molecule has 1 N–H and O–H groups in total. The molecule has 0 aliphatic rings. The fourth-order valence-electron chi connectivity index (χ4n) is 2.27. The molecule has 0 unspecified atom stereocenters. The second-order valence-corrected chi connectivity index (χ2v) is 5.33. The number of nitrogens with zero attached hydrogens (tertiary/aromatic N) is 3. The Morgan fingerprint density at radius 1 is 0.958 bits per heavy atom.